The Kier molecular flexibility index (Phi) is 4.57. The lowest BCUT2D eigenvalue weighted by atomic mass is 9.93. The molecule has 5 heteroatoms. The summed E-state index contributed by atoms with van der Waals surface area (Å²) in [6.07, 6.45) is 4.61. The molecule has 1 aromatic heterocycles. The summed E-state index contributed by atoms with van der Waals surface area (Å²) in [7, 11) is 0. The number of ether oxygens (including phenoxy) is 1. The van der Waals surface area contributed by atoms with Crippen LogP contribution in [0.25, 0.3) is 0 Å². The third kappa shape index (κ3) is 3.05. The molecule has 5 nitrogen and oxygen atoms in total. The molecule has 2 aliphatic rings. The third-order valence-electron chi connectivity index (χ3n) is 5.81. The third-order valence-corrected chi connectivity index (χ3v) is 5.81. The molecule has 0 bridgehead atoms. The predicted octanol–water partition coefficient (Wildman–Crippen LogP) is 3.36. The van der Waals surface area contributed by atoms with Crippen molar-refractivity contribution in [1.82, 2.24) is 14.7 Å². The topological polar surface area (TPSA) is 47.4 Å². The van der Waals surface area contributed by atoms with Crippen molar-refractivity contribution in [3.05, 3.63) is 51.8 Å². The van der Waals surface area contributed by atoms with E-state index in [9.17, 15) is 4.79 Å². The van der Waals surface area contributed by atoms with E-state index >= 15 is 0 Å². The van der Waals surface area contributed by atoms with Gasteiger partial charge in [0.15, 0.2) is 0 Å². The van der Waals surface area contributed by atoms with E-state index in [0.717, 1.165) is 50.3 Å². The number of carbonyl (C=O) groups is 1. The van der Waals surface area contributed by atoms with Crippen LogP contribution in [0, 0.1) is 20.8 Å². The number of rotatable bonds is 2. The van der Waals surface area contributed by atoms with Crippen molar-refractivity contribution < 1.29 is 9.53 Å². The maximum absolute atomic E-state index is 13.2. The van der Waals surface area contributed by atoms with Gasteiger partial charge in [0.2, 0.25) is 0 Å². The number of amides is 1. The molecule has 4 rings (SSSR count). The standard InChI is InChI=1S/C21H27N3O2/c1-14-10-15(2)20-13-23(7-4-17(20)11-14)21(25)19-12-22-24(16(19)3)18-5-8-26-9-6-18/h10-12,18H,4-9,13H2,1-3H3. The zero-order valence-corrected chi connectivity index (χ0v) is 15.9. The Morgan fingerprint density at radius 3 is 2.73 bits per heavy atom. The van der Waals surface area contributed by atoms with Crippen LogP contribution < -0.4 is 0 Å². The molecule has 0 saturated carbocycles. The summed E-state index contributed by atoms with van der Waals surface area (Å²) in [6, 6.07) is 4.82. The Morgan fingerprint density at radius 1 is 1.19 bits per heavy atom. The molecular formula is C21H27N3O2. The zero-order valence-electron chi connectivity index (χ0n) is 15.9. The van der Waals surface area contributed by atoms with E-state index in [-0.39, 0.29) is 5.91 Å². The van der Waals surface area contributed by atoms with Crippen LogP contribution in [-0.4, -0.2) is 40.3 Å². The van der Waals surface area contributed by atoms with Crippen LogP contribution in [-0.2, 0) is 17.7 Å². The van der Waals surface area contributed by atoms with Crippen LogP contribution in [0.4, 0.5) is 0 Å². The second-order valence-corrected chi connectivity index (χ2v) is 7.63. The highest BCUT2D eigenvalue weighted by Gasteiger charge is 2.27. The molecule has 2 aliphatic heterocycles. The average Bonchev–Trinajstić information content (AvgIpc) is 3.03. The first kappa shape index (κ1) is 17.3. The number of carbonyl (C=O) groups excluding carboxylic acids is 1. The summed E-state index contributed by atoms with van der Waals surface area (Å²) in [6.45, 7) is 9.32. The Labute approximate surface area is 154 Å². The van der Waals surface area contributed by atoms with Gasteiger partial charge in [-0.15, -0.1) is 0 Å². The lowest BCUT2D eigenvalue weighted by molar-refractivity contribution is 0.0655. The molecule has 0 unspecified atom stereocenters. The summed E-state index contributed by atoms with van der Waals surface area (Å²) in [4.78, 5) is 15.1. The van der Waals surface area contributed by atoms with Crippen molar-refractivity contribution in [3.63, 3.8) is 0 Å². The van der Waals surface area contributed by atoms with Crippen molar-refractivity contribution >= 4 is 5.91 Å². The second-order valence-electron chi connectivity index (χ2n) is 7.63. The summed E-state index contributed by atoms with van der Waals surface area (Å²) in [5.41, 5.74) is 7.01. The van der Waals surface area contributed by atoms with Crippen LogP contribution >= 0.6 is 0 Å². The minimum Gasteiger partial charge on any atom is -0.381 e. The smallest absolute Gasteiger partial charge is 0.257 e. The molecule has 0 atom stereocenters. The highest BCUT2D eigenvalue weighted by atomic mass is 16.5. The van der Waals surface area contributed by atoms with E-state index in [1.165, 1.54) is 22.3 Å². The van der Waals surface area contributed by atoms with Crippen molar-refractivity contribution in [2.24, 2.45) is 0 Å². The first-order chi connectivity index (χ1) is 12.5. The van der Waals surface area contributed by atoms with Gasteiger partial charge in [-0.1, -0.05) is 17.7 Å². The Balaban J connectivity index is 1.56. The van der Waals surface area contributed by atoms with Crippen molar-refractivity contribution in [3.8, 4) is 0 Å². The van der Waals surface area contributed by atoms with E-state index in [1.54, 1.807) is 6.20 Å². The molecule has 0 spiro atoms. The molecule has 1 aromatic carbocycles. The fourth-order valence-electron chi connectivity index (χ4n) is 4.33. The first-order valence-corrected chi connectivity index (χ1v) is 9.54. The van der Waals surface area contributed by atoms with Gasteiger partial charge in [-0.2, -0.15) is 5.10 Å². The number of nitrogens with zero attached hydrogens (tertiary/aromatic N) is 3. The van der Waals surface area contributed by atoms with Gasteiger partial charge in [0.05, 0.1) is 17.8 Å². The van der Waals surface area contributed by atoms with Crippen molar-refractivity contribution in [1.29, 1.82) is 0 Å². The van der Waals surface area contributed by atoms with Gasteiger partial charge in [-0.3, -0.25) is 9.48 Å². The fourth-order valence-corrected chi connectivity index (χ4v) is 4.33. The van der Waals surface area contributed by atoms with E-state index in [2.05, 4.69) is 31.1 Å². The van der Waals surface area contributed by atoms with Crippen LogP contribution in [0.3, 0.4) is 0 Å². The molecule has 2 aromatic rings. The highest BCUT2D eigenvalue weighted by molar-refractivity contribution is 5.95. The molecular weight excluding hydrogens is 326 g/mol. The maximum Gasteiger partial charge on any atom is 0.257 e. The van der Waals surface area contributed by atoms with Gasteiger partial charge in [0.1, 0.15) is 0 Å². The number of aryl methyl sites for hydroxylation is 2. The SMILES string of the molecule is Cc1cc(C)c2c(c1)CCN(C(=O)c1cnn(C3CCOCC3)c1C)C2. The summed E-state index contributed by atoms with van der Waals surface area (Å²) in [5.74, 6) is 0.103. The molecule has 1 saturated heterocycles. The second kappa shape index (κ2) is 6.88. The number of benzene rings is 1. The average molecular weight is 353 g/mol. The van der Waals surface area contributed by atoms with Gasteiger partial charge in [0.25, 0.3) is 5.91 Å². The number of hydrogen-bond acceptors (Lipinski definition) is 3. The number of hydrogen-bond donors (Lipinski definition) is 0. The number of aromatic nitrogens is 2. The van der Waals surface area contributed by atoms with Gasteiger partial charge in [-0.25, -0.2) is 0 Å². The van der Waals surface area contributed by atoms with E-state index in [0.29, 0.717) is 12.6 Å². The molecule has 0 radical (unpaired) electrons. The molecule has 0 aliphatic carbocycles. The van der Waals surface area contributed by atoms with Crippen molar-refractivity contribution in [2.75, 3.05) is 19.8 Å². The van der Waals surface area contributed by atoms with Gasteiger partial charge >= 0.3 is 0 Å². The van der Waals surface area contributed by atoms with Crippen LogP contribution in [0.5, 0.6) is 0 Å². The number of fused-ring (bicyclic) bond motifs is 1. The first-order valence-electron chi connectivity index (χ1n) is 9.54. The largest absolute Gasteiger partial charge is 0.381 e. The molecule has 3 heterocycles. The summed E-state index contributed by atoms with van der Waals surface area (Å²) < 4.78 is 7.48. The van der Waals surface area contributed by atoms with E-state index < -0.39 is 0 Å². The Bertz CT molecular complexity index is 834. The summed E-state index contributed by atoms with van der Waals surface area (Å²) >= 11 is 0. The Morgan fingerprint density at radius 2 is 1.96 bits per heavy atom. The quantitative estimate of drug-likeness (QED) is 0.832. The molecule has 0 N–H and O–H groups in total. The lowest BCUT2D eigenvalue weighted by Gasteiger charge is -2.30. The molecule has 26 heavy (non-hydrogen) atoms. The van der Waals surface area contributed by atoms with E-state index in [4.69, 9.17) is 4.74 Å². The van der Waals surface area contributed by atoms with Crippen LogP contribution in [0.15, 0.2) is 18.3 Å². The molecule has 1 amide bonds. The Hall–Kier alpha value is -2.14. The molecule has 1 fully saturated rings. The van der Waals surface area contributed by atoms with Crippen LogP contribution in [0.2, 0.25) is 0 Å². The molecule has 138 valence electrons. The monoisotopic (exact) mass is 353 g/mol. The highest BCUT2D eigenvalue weighted by Crippen LogP contribution is 2.27. The summed E-state index contributed by atoms with van der Waals surface area (Å²) in [5, 5.41) is 4.54. The minimum absolute atomic E-state index is 0.103. The van der Waals surface area contributed by atoms with Gasteiger partial charge in [-0.05, 0) is 56.7 Å². The van der Waals surface area contributed by atoms with Gasteiger partial charge in [0, 0.05) is 32.0 Å². The normalized spacial score (nSPS) is 18.0. The van der Waals surface area contributed by atoms with Crippen molar-refractivity contribution in [2.45, 2.75) is 52.6 Å². The lowest BCUT2D eigenvalue weighted by Crippen LogP contribution is -2.36. The van der Waals surface area contributed by atoms with Crippen LogP contribution in [0.1, 0.15) is 57.2 Å². The zero-order chi connectivity index (χ0) is 18.3. The fraction of sp³-hybridized carbons (Fsp3) is 0.524. The maximum atomic E-state index is 13.2. The minimum atomic E-state index is 0.103. The van der Waals surface area contributed by atoms with E-state index in [1.807, 2.05) is 16.5 Å². The van der Waals surface area contributed by atoms with Gasteiger partial charge < -0.3 is 9.64 Å². The predicted molar refractivity (Wildman–Crippen MR) is 100 cm³/mol.